The number of hydrogen-bond acceptors (Lipinski definition) is 1. The van der Waals surface area contributed by atoms with Gasteiger partial charge in [-0.15, -0.1) is 11.3 Å². The Labute approximate surface area is 254 Å². The highest BCUT2D eigenvalue weighted by Gasteiger charge is 2.15. The van der Waals surface area contributed by atoms with Crippen LogP contribution in [-0.4, -0.2) is 0 Å². The molecule has 0 aliphatic heterocycles. The normalized spacial score (nSPS) is 13.4. The van der Waals surface area contributed by atoms with E-state index in [1.165, 1.54) is 85.9 Å². The quantitative estimate of drug-likeness (QED) is 0.187. The van der Waals surface area contributed by atoms with Crippen molar-refractivity contribution in [3.63, 3.8) is 0 Å². The Balaban J connectivity index is 1.19. The molecular weight excluding hydrogens is 537 g/mol. The van der Waals surface area contributed by atoms with Crippen LogP contribution in [0.25, 0.3) is 80.3 Å². The van der Waals surface area contributed by atoms with Crippen LogP contribution in [0.5, 0.6) is 0 Å². The molecule has 0 saturated carbocycles. The summed E-state index contributed by atoms with van der Waals surface area (Å²) in [6, 6.07) is 47.6. The van der Waals surface area contributed by atoms with Crippen LogP contribution < -0.4 is 0 Å². The molecule has 1 heterocycles. The second-order valence-corrected chi connectivity index (χ2v) is 12.7. The van der Waals surface area contributed by atoms with Gasteiger partial charge in [0.05, 0.1) is 0 Å². The maximum absolute atomic E-state index is 2.39. The van der Waals surface area contributed by atoms with Gasteiger partial charge >= 0.3 is 0 Å². The van der Waals surface area contributed by atoms with Gasteiger partial charge in [-0.2, -0.15) is 0 Å². The average molecular weight is 565 g/mol. The first-order valence-corrected chi connectivity index (χ1v) is 15.9. The van der Waals surface area contributed by atoms with E-state index >= 15 is 0 Å². The van der Waals surface area contributed by atoms with E-state index in [9.17, 15) is 0 Å². The Morgan fingerprint density at radius 1 is 0.465 bits per heavy atom. The van der Waals surface area contributed by atoms with Crippen LogP contribution in [0.1, 0.15) is 18.4 Å². The van der Waals surface area contributed by atoms with Crippen LogP contribution in [0.4, 0.5) is 0 Å². The lowest BCUT2D eigenvalue weighted by molar-refractivity contribution is 1.05. The summed E-state index contributed by atoms with van der Waals surface area (Å²) in [5, 5.41) is 10.4. The monoisotopic (exact) mass is 564 g/mol. The molecule has 0 atom stereocenters. The van der Waals surface area contributed by atoms with E-state index in [1.807, 2.05) is 11.3 Å². The molecule has 8 aromatic rings. The molecule has 202 valence electrons. The zero-order valence-corrected chi connectivity index (χ0v) is 24.5. The zero-order valence-electron chi connectivity index (χ0n) is 23.7. The third-order valence-electron chi connectivity index (χ3n) is 9.11. The molecule has 0 amide bonds. The molecule has 0 saturated heterocycles. The van der Waals surface area contributed by atoms with Crippen LogP contribution >= 0.6 is 11.3 Å². The lowest BCUT2D eigenvalue weighted by Gasteiger charge is -2.17. The zero-order chi connectivity index (χ0) is 28.3. The Kier molecular flexibility index (Phi) is 5.61. The third kappa shape index (κ3) is 4.04. The first kappa shape index (κ1) is 24.6. The summed E-state index contributed by atoms with van der Waals surface area (Å²) >= 11 is 1.88. The van der Waals surface area contributed by atoms with Crippen molar-refractivity contribution in [3.8, 4) is 22.3 Å². The summed E-state index contributed by atoms with van der Waals surface area (Å²) in [6.45, 7) is 0. The Bertz CT molecular complexity index is 2450. The van der Waals surface area contributed by atoms with Gasteiger partial charge in [0.2, 0.25) is 0 Å². The number of rotatable bonds is 3. The highest BCUT2D eigenvalue weighted by atomic mass is 32.1. The summed E-state index contributed by atoms with van der Waals surface area (Å²) < 4.78 is 2.69. The second-order valence-electron chi connectivity index (χ2n) is 11.6. The largest absolute Gasteiger partial charge is 0.135 e. The first-order valence-electron chi connectivity index (χ1n) is 15.1. The first-order chi connectivity index (χ1) is 21.3. The molecule has 9 rings (SSSR count). The minimum Gasteiger partial charge on any atom is -0.135 e. The maximum atomic E-state index is 2.39. The smallest absolute Gasteiger partial charge is 0.0361 e. The minimum absolute atomic E-state index is 1.08. The SMILES string of the molecule is C1=CCCC(c2cc3ccccc3cc2-c2ccc3c(ccc4cc(-c5cccc6sc7ccccc7c56)ccc43)c2)=C1. The maximum Gasteiger partial charge on any atom is 0.0361 e. The molecule has 0 radical (unpaired) electrons. The standard InChI is InChI=1S/C42H28S/c1-2-9-27(10-3-1)38-25-28-11-4-5-12-29(28)26-39(38)33-20-22-35-31(24-33)18-17-30-23-32(19-21-34(30)35)36-14-8-16-41-42(36)37-13-6-7-15-40(37)43-41/h1-2,4-9,11-26H,3,10H2. The van der Waals surface area contributed by atoms with Crippen molar-refractivity contribution >= 4 is 69.4 Å². The van der Waals surface area contributed by atoms with Crippen LogP contribution in [0.3, 0.4) is 0 Å². The Morgan fingerprint density at radius 3 is 1.88 bits per heavy atom. The van der Waals surface area contributed by atoms with Crippen molar-refractivity contribution in [3.05, 3.63) is 151 Å². The van der Waals surface area contributed by atoms with Gasteiger partial charge in [-0.3, -0.25) is 0 Å². The van der Waals surface area contributed by atoms with E-state index in [4.69, 9.17) is 0 Å². The molecule has 0 spiro atoms. The summed E-state index contributed by atoms with van der Waals surface area (Å²) in [5.74, 6) is 0. The molecule has 1 aromatic heterocycles. The number of hydrogen-bond donors (Lipinski definition) is 0. The molecule has 0 unspecified atom stereocenters. The van der Waals surface area contributed by atoms with Gasteiger partial charge in [0.25, 0.3) is 0 Å². The fourth-order valence-corrected chi connectivity index (χ4v) is 8.13. The van der Waals surface area contributed by atoms with Crippen LogP contribution in [0.15, 0.2) is 146 Å². The van der Waals surface area contributed by atoms with Crippen LogP contribution in [0, 0.1) is 0 Å². The van der Waals surface area contributed by atoms with Gasteiger partial charge < -0.3 is 0 Å². The number of fused-ring (bicyclic) bond motifs is 7. The van der Waals surface area contributed by atoms with Crippen molar-refractivity contribution in [2.24, 2.45) is 0 Å². The predicted octanol–water partition coefficient (Wildman–Crippen LogP) is 12.6. The van der Waals surface area contributed by atoms with Crippen molar-refractivity contribution in [2.75, 3.05) is 0 Å². The fourth-order valence-electron chi connectivity index (χ4n) is 6.99. The summed E-state index contributed by atoms with van der Waals surface area (Å²) in [4.78, 5) is 0. The van der Waals surface area contributed by atoms with E-state index in [-0.39, 0.29) is 0 Å². The molecule has 1 heteroatoms. The van der Waals surface area contributed by atoms with Gasteiger partial charge in [-0.25, -0.2) is 0 Å². The molecule has 0 fully saturated rings. The molecule has 43 heavy (non-hydrogen) atoms. The van der Waals surface area contributed by atoms with Gasteiger partial charge in [0.1, 0.15) is 0 Å². The fraction of sp³-hybridized carbons (Fsp3) is 0.0476. The number of allylic oxidation sites excluding steroid dienone is 4. The lowest BCUT2D eigenvalue weighted by atomic mass is 9.87. The summed E-state index contributed by atoms with van der Waals surface area (Å²) in [5.41, 5.74) is 7.94. The molecule has 0 N–H and O–H groups in total. The van der Waals surface area contributed by atoms with E-state index in [2.05, 4.69) is 146 Å². The average Bonchev–Trinajstić information content (AvgIpc) is 3.46. The molecule has 7 aromatic carbocycles. The van der Waals surface area contributed by atoms with E-state index in [0.29, 0.717) is 0 Å². The third-order valence-corrected chi connectivity index (χ3v) is 10.2. The molecule has 0 bridgehead atoms. The highest BCUT2D eigenvalue weighted by molar-refractivity contribution is 7.25. The topological polar surface area (TPSA) is 0 Å². The van der Waals surface area contributed by atoms with Crippen molar-refractivity contribution in [1.82, 2.24) is 0 Å². The Hall–Kier alpha value is -4.98. The molecule has 1 aliphatic carbocycles. The van der Waals surface area contributed by atoms with Crippen LogP contribution in [0.2, 0.25) is 0 Å². The van der Waals surface area contributed by atoms with E-state index in [1.54, 1.807) is 0 Å². The van der Waals surface area contributed by atoms with Crippen LogP contribution in [-0.2, 0) is 0 Å². The van der Waals surface area contributed by atoms with Gasteiger partial charge in [0.15, 0.2) is 0 Å². The van der Waals surface area contributed by atoms with E-state index in [0.717, 1.165) is 12.8 Å². The van der Waals surface area contributed by atoms with Gasteiger partial charge in [-0.05, 0) is 115 Å². The predicted molar refractivity (Wildman–Crippen MR) is 189 cm³/mol. The minimum atomic E-state index is 1.08. The summed E-state index contributed by atoms with van der Waals surface area (Å²) in [6.07, 6.45) is 8.94. The summed E-state index contributed by atoms with van der Waals surface area (Å²) in [7, 11) is 0. The molecule has 1 aliphatic rings. The number of benzene rings is 7. The van der Waals surface area contributed by atoms with E-state index < -0.39 is 0 Å². The highest BCUT2D eigenvalue weighted by Crippen LogP contribution is 2.42. The van der Waals surface area contributed by atoms with Crippen molar-refractivity contribution in [2.45, 2.75) is 12.8 Å². The second kappa shape index (κ2) is 9.80. The van der Waals surface area contributed by atoms with Gasteiger partial charge in [-0.1, -0.05) is 109 Å². The van der Waals surface area contributed by atoms with Crippen molar-refractivity contribution < 1.29 is 0 Å². The lowest BCUT2D eigenvalue weighted by Crippen LogP contribution is -1.93. The van der Waals surface area contributed by atoms with Crippen molar-refractivity contribution in [1.29, 1.82) is 0 Å². The Morgan fingerprint density at radius 2 is 1.14 bits per heavy atom. The molecular formula is C42H28S. The molecule has 0 nitrogen and oxygen atoms in total. The number of thiophene rings is 1. The van der Waals surface area contributed by atoms with Gasteiger partial charge in [0, 0.05) is 20.2 Å².